The lowest BCUT2D eigenvalue weighted by molar-refractivity contribution is 0.0973. The van der Waals surface area contributed by atoms with Crippen molar-refractivity contribution in [3.8, 4) is 0 Å². The van der Waals surface area contributed by atoms with Gasteiger partial charge in [-0.05, 0) is 37.1 Å². The topological polar surface area (TPSA) is 62.2 Å². The van der Waals surface area contributed by atoms with E-state index in [4.69, 9.17) is 0 Å². The van der Waals surface area contributed by atoms with Crippen LogP contribution in [0.3, 0.4) is 0 Å². The van der Waals surface area contributed by atoms with Crippen molar-refractivity contribution >= 4 is 28.3 Å². The van der Waals surface area contributed by atoms with Gasteiger partial charge in [0.05, 0.1) is 16.9 Å². The molecular formula is C19H17N5O. The summed E-state index contributed by atoms with van der Waals surface area (Å²) in [6, 6.07) is 15.9. The Morgan fingerprint density at radius 1 is 0.960 bits per heavy atom. The Morgan fingerprint density at radius 2 is 1.72 bits per heavy atom. The van der Waals surface area contributed by atoms with Gasteiger partial charge in [-0.1, -0.05) is 24.3 Å². The van der Waals surface area contributed by atoms with Crippen molar-refractivity contribution in [2.24, 2.45) is 0 Å². The third-order valence-electron chi connectivity index (χ3n) is 5.05. The Labute approximate surface area is 145 Å². The maximum atomic E-state index is 13.1. The summed E-state index contributed by atoms with van der Waals surface area (Å²) < 4.78 is 0. The second-order valence-electron chi connectivity index (χ2n) is 6.52. The summed E-state index contributed by atoms with van der Waals surface area (Å²) in [5.74, 6) is -0.0304. The van der Waals surface area contributed by atoms with Gasteiger partial charge in [-0.15, -0.1) is 10.2 Å². The number of anilines is 2. The average Bonchev–Trinajstić information content (AvgIpc) is 3.15. The predicted octanol–water partition coefficient (Wildman–Crippen LogP) is 2.65. The monoisotopic (exact) mass is 331 g/mol. The van der Waals surface area contributed by atoms with Gasteiger partial charge in [0, 0.05) is 19.1 Å². The van der Waals surface area contributed by atoms with E-state index in [9.17, 15) is 4.79 Å². The van der Waals surface area contributed by atoms with Crippen LogP contribution >= 0.6 is 0 Å². The van der Waals surface area contributed by atoms with E-state index in [0.717, 1.165) is 30.8 Å². The van der Waals surface area contributed by atoms with Gasteiger partial charge in [0.1, 0.15) is 5.52 Å². The molecule has 1 saturated heterocycles. The number of aromatic nitrogens is 3. The molecule has 0 bridgehead atoms. The van der Waals surface area contributed by atoms with Crippen LogP contribution in [0.4, 0.5) is 11.4 Å². The molecule has 1 atom stereocenters. The minimum Gasteiger partial charge on any atom is -0.365 e. The number of carbonyl (C=O) groups excluding carboxylic acids is 1. The SMILES string of the molecule is O=C(c1nnc2ccccc2n1)N1CC2CCCN2c2ccccc21. The van der Waals surface area contributed by atoms with Gasteiger partial charge in [0.15, 0.2) is 0 Å². The number of carbonyl (C=O) groups is 1. The molecule has 0 saturated carbocycles. The number of benzene rings is 2. The summed E-state index contributed by atoms with van der Waals surface area (Å²) in [6.45, 7) is 1.73. The Balaban J connectivity index is 1.57. The van der Waals surface area contributed by atoms with Gasteiger partial charge in [-0.25, -0.2) is 4.98 Å². The fourth-order valence-corrected chi connectivity index (χ4v) is 3.87. The molecule has 6 nitrogen and oxygen atoms in total. The Morgan fingerprint density at radius 3 is 2.60 bits per heavy atom. The highest BCUT2D eigenvalue weighted by Crippen LogP contribution is 2.39. The van der Waals surface area contributed by atoms with Gasteiger partial charge in [-0.2, -0.15) is 0 Å². The largest absolute Gasteiger partial charge is 0.365 e. The zero-order valence-electron chi connectivity index (χ0n) is 13.7. The van der Waals surface area contributed by atoms with E-state index in [1.165, 1.54) is 0 Å². The highest BCUT2D eigenvalue weighted by Gasteiger charge is 2.37. The van der Waals surface area contributed by atoms with E-state index in [0.29, 0.717) is 23.6 Å². The highest BCUT2D eigenvalue weighted by atomic mass is 16.2. The first-order valence-electron chi connectivity index (χ1n) is 8.58. The number of rotatable bonds is 1. The van der Waals surface area contributed by atoms with Crippen molar-refractivity contribution in [1.29, 1.82) is 0 Å². The fraction of sp³-hybridized carbons (Fsp3) is 0.263. The lowest BCUT2D eigenvalue weighted by Crippen LogP contribution is -2.48. The van der Waals surface area contributed by atoms with Crippen LogP contribution in [0.2, 0.25) is 0 Å². The van der Waals surface area contributed by atoms with Crippen LogP contribution in [0.5, 0.6) is 0 Å². The van der Waals surface area contributed by atoms with Gasteiger partial charge in [-0.3, -0.25) is 4.79 Å². The number of fused-ring (bicyclic) bond motifs is 4. The highest BCUT2D eigenvalue weighted by molar-refractivity contribution is 6.06. The van der Waals surface area contributed by atoms with Crippen molar-refractivity contribution in [3.63, 3.8) is 0 Å². The van der Waals surface area contributed by atoms with Crippen LogP contribution in [-0.2, 0) is 0 Å². The molecule has 25 heavy (non-hydrogen) atoms. The quantitative estimate of drug-likeness (QED) is 0.686. The van der Waals surface area contributed by atoms with E-state index < -0.39 is 0 Å². The van der Waals surface area contributed by atoms with Gasteiger partial charge in [0.25, 0.3) is 5.91 Å². The number of para-hydroxylation sites is 3. The summed E-state index contributed by atoms with van der Waals surface area (Å²) in [5, 5.41) is 8.22. The molecule has 1 unspecified atom stereocenters. The second-order valence-corrected chi connectivity index (χ2v) is 6.52. The third kappa shape index (κ3) is 2.25. The van der Waals surface area contributed by atoms with Crippen LogP contribution in [0.1, 0.15) is 23.5 Å². The van der Waals surface area contributed by atoms with E-state index in [-0.39, 0.29) is 11.7 Å². The zero-order chi connectivity index (χ0) is 16.8. The first-order valence-corrected chi connectivity index (χ1v) is 8.58. The van der Waals surface area contributed by atoms with Crippen molar-refractivity contribution in [3.05, 3.63) is 54.4 Å². The molecule has 2 aliphatic heterocycles. The minimum atomic E-state index is -0.183. The molecule has 0 aliphatic carbocycles. The van der Waals surface area contributed by atoms with Crippen LogP contribution in [0, 0.1) is 0 Å². The number of amides is 1. The predicted molar refractivity (Wildman–Crippen MR) is 95.8 cm³/mol. The maximum absolute atomic E-state index is 13.1. The van der Waals surface area contributed by atoms with E-state index >= 15 is 0 Å². The molecule has 6 heteroatoms. The fourth-order valence-electron chi connectivity index (χ4n) is 3.87. The van der Waals surface area contributed by atoms with Crippen molar-refractivity contribution in [1.82, 2.24) is 15.2 Å². The number of hydrogen-bond donors (Lipinski definition) is 0. The first-order chi connectivity index (χ1) is 12.3. The summed E-state index contributed by atoms with van der Waals surface area (Å²) in [7, 11) is 0. The molecule has 2 aliphatic rings. The molecule has 1 amide bonds. The van der Waals surface area contributed by atoms with Crippen LogP contribution < -0.4 is 9.80 Å². The Kier molecular flexibility index (Phi) is 3.16. The molecule has 124 valence electrons. The van der Waals surface area contributed by atoms with Crippen LogP contribution in [-0.4, -0.2) is 40.2 Å². The lowest BCUT2D eigenvalue weighted by atomic mass is 10.1. The summed E-state index contributed by atoms with van der Waals surface area (Å²) >= 11 is 0. The standard InChI is InChI=1S/C19H17N5O/c25-19(18-20-14-7-1-2-8-15(14)21-22-18)24-12-13-6-5-11-23(13)16-9-3-4-10-17(16)24/h1-4,7-10,13H,5-6,11-12H2. The lowest BCUT2D eigenvalue weighted by Gasteiger charge is -2.39. The molecule has 5 rings (SSSR count). The summed E-state index contributed by atoms with van der Waals surface area (Å²) in [6.07, 6.45) is 2.27. The van der Waals surface area contributed by atoms with Crippen LogP contribution in [0.15, 0.2) is 48.5 Å². The molecule has 1 aromatic heterocycles. The van der Waals surface area contributed by atoms with Gasteiger partial charge >= 0.3 is 0 Å². The normalized spacial score (nSPS) is 19.0. The first kappa shape index (κ1) is 14.3. The molecule has 0 spiro atoms. The molecular weight excluding hydrogens is 314 g/mol. The smallest absolute Gasteiger partial charge is 0.298 e. The second kappa shape index (κ2) is 5.51. The molecule has 3 heterocycles. The Hall–Kier alpha value is -3.02. The number of nitrogens with zero attached hydrogens (tertiary/aromatic N) is 5. The van der Waals surface area contributed by atoms with Crippen molar-refractivity contribution in [2.45, 2.75) is 18.9 Å². The minimum absolute atomic E-state index is 0.153. The average molecular weight is 331 g/mol. The molecule has 0 N–H and O–H groups in total. The van der Waals surface area contributed by atoms with E-state index in [2.05, 4.69) is 26.1 Å². The maximum Gasteiger partial charge on any atom is 0.298 e. The molecule has 1 fully saturated rings. The molecule has 3 aromatic rings. The third-order valence-corrected chi connectivity index (χ3v) is 5.05. The Bertz CT molecular complexity index is 973. The van der Waals surface area contributed by atoms with Crippen LogP contribution in [0.25, 0.3) is 11.0 Å². The van der Waals surface area contributed by atoms with Gasteiger partial charge in [0.2, 0.25) is 5.82 Å². The van der Waals surface area contributed by atoms with E-state index in [1.807, 2.05) is 47.4 Å². The summed E-state index contributed by atoms with van der Waals surface area (Å²) in [4.78, 5) is 21.8. The number of hydrogen-bond acceptors (Lipinski definition) is 5. The molecule has 0 radical (unpaired) electrons. The molecule has 2 aromatic carbocycles. The zero-order valence-corrected chi connectivity index (χ0v) is 13.7. The van der Waals surface area contributed by atoms with E-state index in [1.54, 1.807) is 0 Å². The summed E-state index contributed by atoms with van der Waals surface area (Å²) in [5.41, 5.74) is 3.44. The van der Waals surface area contributed by atoms with Crippen molar-refractivity contribution in [2.75, 3.05) is 22.9 Å². The van der Waals surface area contributed by atoms with Gasteiger partial charge < -0.3 is 9.80 Å². The van der Waals surface area contributed by atoms with Crippen molar-refractivity contribution < 1.29 is 4.79 Å².